The molecule has 4 N–H and O–H groups in total. The molecule has 0 heterocycles. The molecule has 0 spiro atoms. The molecule has 0 aliphatic carbocycles. The summed E-state index contributed by atoms with van der Waals surface area (Å²) in [5.74, 6) is 5.47. The third-order valence-corrected chi connectivity index (χ3v) is 2.00. The molecule has 3 nitrogen and oxygen atoms in total. The Kier molecular flexibility index (Phi) is 3.58. The number of hydrazone groups is 1. The average Bonchev–Trinajstić information content (AvgIpc) is 2.16. The molecule has 0 radical (unpaired) electrons. The lowest BCUT2D eigenvalue weighted by Gasteiger charge is -2.00. The molecule has 0 fully saturated rings. The molecule has 0 saturated heterocycles. The topological polar surface area (TPSA) is 64.4 Å². The predicted octanol–water partition coefficient (Wildman–Crippen LogP) is 1.50. The zero-order chi connectivity index (χ0) is 9.68. The van der Waals surface area contributed by atoms with Crippen LogP contribution in [0.3, 0.4) is 0 Å². The van der Waals surface area contributed by atoms with Crippen molar-refractivity contribution in [3.05, 3.63) is 34.9 Å². The number of aryl methyl sites for hydroxylation is 1. The number of amidine groups is 1. The molecule has 0 amide bonds. The quantitative estimate of drug-likeness (QED) is 0.334. The van der Waals surface area contributed by atoms with Gasteiger partial charge >= 0.3 is 0 Å². The maximum atomic E-state index is 5.73. The van der Waals surface area contributed by atoms with E-state index in [0.29, 0.717) is 12.3 Å². The molecule has 0 atom stereocenters. The van der Waals surface area contributed by atoms with Crippen LogP contribution in [-0.2, 0) is 6.42 Å². The summed E-state index contributed by atoms with van der Waals surface area (Å²) in [4.78, 5) is 0. The van der Waals surface area contributed by atoms with E-state index in [9.17, 15) is 0 Å². The van der Waals surface area contributed by atoms with Crippen LogP contribution in [0.1, 0.15) is 12.0 Å². The summed E-state index contributed by atoms with van der Waals surface area (Å²) in [7, 11) is 0. The molecule has 0 aromatic heterocycles. The van der Waals surface area contributed by atoms with Crippen molar-refractivity contribution in [2.75, 3.05) is 0 Å². The van der Waals surface area contributed by atoms with E-state index >= 15 is 0 Å². The van der Waals surface area contributed by atoms with Crippen molar-refractivity contribution in [2.24, 2.45) is 16.7 Å². The van der Waals surface area contributed by atoms with Crippen LogP contribution >= 0.6 is 11.6 Å². The standard InChI is InChI=1S/C9H12ClN3/c10-8-4-1-7(2-5-8)3-6-9(11)13-12/h1-2,4-5H,3,6,12H2,(H2,11,13). The predicted molar refractivity (Wildman–Crippen MR) is 55.6 cm³/mol. The summed E-state index contributed by atoms with van der Waals surface area (Å²) in [6.45, 7) is 0. The highest BCUT2D eigenvalue weighted by atomic mass is 35.5. The summed E-state index contributed by atoms with van der Waals surface area (Å²) in [6.07, 6.45) is 1.52. The molecule has 1 aromatic rings. The third-order valence-electron chi connectivity index (χ3n) is 1.75. The van der Waals surface area contributed by atoms with E-state index < -0.39 is 0 Å². The maximum absolute atomic E-state index is 5.73. The van der Waals surface area contributed by atoms with Crippen molar-refractivity contribution in [2.45, 2.75) is 12.8 Å². The Hall–Kier alpha value is -1.22. The first-order chi connectivity index (χ1) is 6.22. The summed E-state index contributed by atoms with van der Waals surface area (Å²) >= 11 is 5.73. The van der Waals surface area contributed by atoms with Crippen molar-refractivity contribution in [3.8, 4) is 0 Å². The van der Waals surface area contributed by atoms with Gasteiger partial charge in [0.1, 0.15) is 5.84 Å². The molecule has 1 rings (SSSR count). The molecule has 0 aliphatic heterocycles. The van der Waals surface area contributed by atoms with Crippen LogP contribution in [0.15, 0.2) is 29.4 Å². The lowest BCUT2D eigenvalue weighted by molar-refractivity contribution is 1.01. The van der Waals surface area contributed by atoms with Crippen molar-refractivity contribution in [1.82, 2.24) is 0 Å². The van der Waals surface area contributed by atoms with Gasteiger partial charge < -0.3 is 11.6 Å². The Morgan fingerprint density at radius 1 is 1.31 bits per heavy atom. The first kappa shape index (κ1) is 9.86. The van der Waals surface area contributed by atoms with Crippen LogP contribution in [0, 0.1) is 0 Å². The minimum Gasteiger partial charge on any atom is -0.386 e. The van der Waals surface area contributed by atoms with E-state index in [4.69, 9.17) is 23.2 Å². The van der Waals surface area contributed by atoms with Gasteiger partial charge in [0, 0.05) is 11.4 Å². The fourth-order valence-electron chi connectivity index (χ4n) is 0.988. The van der Waals surface area contributed by atoms with Gasteiger partial charge in [-0.05, 0) is 24.1 Å². The Morgan fingerprint density at radius 2 is 1.92 bits per heavy atom. The highest BCUT2D eigenvalue weighted by Crippen LogP contribution is 2.10. The lowest BCUT2D eigenvalue weighted by Crippen LogP contribution is -2.14. The van der Waals surface area contributed by atoms with Gasteiger partial charge in [-0.1, -0.05) is 23.7 Å². The zero-order valence-corrected chi connectivity index (χ0v) is 7.96. The number of hydrogen-bond donors (Lipinski definition) is 2. The second-order valence-electron chi connectivity index (χ2n) is 2.75. The summed E-state index contributed by atoms with van der Waals surface area (Å²) < 4.78 is 0. The summed E-state index contributed by atoms with van der Waals surface area (Å²) in [5.41, 5.74) is 6.63. The number of hydrogen-bond acceptors (Lipinski definition) is 2. The van der Waals surface area contributed by atoms with Gasteiger partial charge in [-0.25, -0.2) is 0 Å². The summed E-state index contributed by atoms with van der Waals surface area (Å²) in [5, 5.41) is 4.13. The van der Waals surface area contributed by atoms with Crippen LogP contribution < -0.4 is 11.6 Å². The van der Waals surface area contributed by atoms with E-state index in [1.165, 1.54) is 5.56 Å². The van der Waals surface area contributed by atoms with Gasteiger partial charge in [-0.3, -0.25) is 0 Å². The minimum absolute atomic E-state index is 0.468. The van der Waals surface area contributed by atoms with E-state index in [-0.39, 0.29) is 0 Å². The summed E-state index contributed by atoms with van der Waals surface area (Å²) in [6, 6.07) is 7.64. The lowest BCUT2D eigenvalue weighted by atomic mass is 10.1. The molecule has 0 saturated carbocycles. The fraction of sp³-hybridized carbons (Fsp3) is 0.222. The van der Waals surface area contributed by atoms with Gasteiger partial charge in [0.05, 0.1) is 0 Å². The largest absolute Gasteiger partial charge is 0.386 e. The normalized spacial score (nSPS) is 11.6. The van der Waals surface area contributed by atoms with Crippen molar-refractivity contribution < 1.29 is 0 Å². The Labute approximate surface area is 82.4 Å². The van der Waals surface area contributed by atoms with Crippen molar-refractivity contribution in [1.29, 1.82) is 0 Å². The zero-order valence-electron chi connectivity index (χ0n) is 7.20. The maximum Gasteiger partial charge on any atom is 0.119 e. The second-order valence-corrected chi connectivity index (χ2v) is 3.18. The van der Waals surface area contributed by atoms with E-state index in [0.717, 1.165) is 11.4 Å². The van der Waals surface area contributed by atoms with Gasteiger partial charge in [0.2, 0.25) is 0 Å². The Balaban J connectivity index is 2.51. The number of nitrogens with two attached hydrogens (primary N) is 2. The van der Waals surface area contributed by atoms with Gasteiger partial charge in [0.25, 0.3) is 0 Å². The second kappa shape index (κ2) is 4.72. The fourth-order valence-corrected chi connectivity index (χ4v) is 1.11. The first-order valence-electron chi connectivity index (χ1n) is 3.99. The highest BCUT2D eigenvalue weighted by Gasteiger charge is 1.95. The third kappa shape index (κ3) is 3.34. The monoisotopic (exact) mass is 197 g/mol. The SMILES string of the molecule is N/N=C(\N)CCc1ccc(Cl)cc1. The molecule has 70 valence electrons. The number of rotatable bonds is 3. The van der Waals surface area contributed by atoms with E-state index in [1.807, 2.05) is 24.3 Å². The molecule has 0 bridgehead atoms. The van der Waals surface area contributed by atoms with Gasteiger partial charge in [-0.15, -0.1) is 0 Å². The number of benzene rings is 1. The van der Waals surface area contributed by atoms with Crippen molar-refractivity contribution in [3.63, 3.8) is 0 Å². The Morgan fingerprint density at radius 3 is 2.46 bits per heavy atom. The van der Waals surface area contributed by atoms with Crippen LogP contribution in [0.5, 0.6) is 0 Å². The van der Waals surface area contributed by atoms with E-state index in [1.54, 1.807) is 0 Å². The molecule has 0 aliphatic rings. The molecule has 13 heavy (non-hydrogen) atoms. The van der Waals surface area contributed by atoms with Gasteiger partial charge in [0.15, 0.2) is 0 Å². The van der Waals surface area contributed by atoms with Crippen LogP contribution in [0.4, 0.5) is 0 Å². The molecular formula is C9H12ClN3. The Bertz CT molecular complexity index is 292. The number of halogens is 1. The van der Waals surface area contributed by atoms with Crippen LogP contribution in [0.25, 0.3) is 0 Å². The minimum atomic E-state index is 0.468. The van der Waals surface area contributed by atoms with Crippen LogP contribution in [0.2, 0.25) is 5.02 Å². The molecular weight excluding hydrogens is 186 g/mol. The average molecular weight is 198 g/mol. The molecule has 4 heteroatoms. The van der Waals surface area contributed by atoms with Crippen LogP contribution in [-0.4, -0.2) is 5.84 Å². The van der Waals surface area contributed by atoms with E-state index in [2.05, 4.69) is 5.10 Å². The molecule has 1 aromatic carbocycles. The highest BCUT2D eigenvalue weighted by molar-refractivity contribution is 6.30. The smallest absolute Gasteiger partial charge is 0.119 e. The number of nitrogens with zero attached hydrogens (tertiary/aromatic N) is 1. The first-order valence-corrected chi connectivity index (χ1v) is 4.37. The van der Waals surface area contributed by atoms with Crippen molar-refractivity contribution >= 4 is 17.4 Å². The molecule has 0 unspecified atom stereocenters. The van der Waals surface area contributed by atoms with Gasteiger partial charge in [-0.2, -0.15) is 5.10 Å².